The van der Waals surface area contributed by atoms with Crippen molar-refractivity contribution < 1.29 is 14.1 Å². The van der Waals surface area contributed by atoms with Gasteiger partial charge < -0.3 is 4.74 Å². The molecule has 0 atom stereocenters. The highest BCUT2D eigenvalue weighted by Crippen LogP contribution is 2.27. The van der Waals surface area contributed by atoms with E-state index in [0.717, 1.165) is 19.3 Å². The van der Waals surface area contributed by atoms with Gasteiger partial charge in [0.2, 0.25) is 0 Å². The van der Waals surface area contributed by atoms with Crippen molar-refractivity contribution in [1.29, 1.82) is 0 Å². The molecule has 21 heavy (non-hydrogen) atoms. The average Bonchev–Trinajstić information content (AvgIpc) is 2.43. The molecule has 0 bridgehead atoms. The van der Waals surface area contributed by atoms with Crippen LogP contribution in [0.15, 0.2) is 24.3 Å². The Kier molecular flexibility index (Phi) is 4.81. The zero-order chi connectivity index (χ0) is 15.5. The number of ether oxygens (including phenoxy) is 1. The number of benzene rings is 1. The fraction of sp³-hybridized carbons (Fsp3) is 0.556. The van der Waals surface area contributed by atoms with Crippen molar-refractivity contribution in [1.82, 2.24) is 0 Å². The summed E-state index contributed by atoms with van der Waals surface area (Å²) >= 11 is 0. The van der Waals surface area contributed by atoms with Gasteiger partial charge in [0.15, 0.2) is 11.3 Å². The Morgan fingerprint density at radius 2 is 2.05 bits per heavy atom. The summed E-state index contributed by atoms with van der Waals surface area (Å²) in [5.74, 6) is -0.0934. The summed E-state index contributed by atoms with van der Waals surface area (Å²) in [5, 5.41) is 0. The Bertz CT molecular complexity index is 558. The standard InChI is InChI=1S/C18H26NO2/c1-5-21-17(20)12-8-11-16-15-10-7-6-9-14(15)13-18(2,3)19(16)4/h6-7,9-10H,5,8,11-13H2,1-4H3/q+1. The van der Waals surface area contributed by atoms with Crippen LogP contribution in [0.4, 0.5) is 0 Å². The van der Waals surface area contributed by atoms with Crippen LogP contribution in [0.2, 0.25) is 0 Å². The van der Waals surface area contributed by atoms with Crippen LogP contribution in [-0.2, 0) is 16.0 Å². The first-order valence-corrected chi connectivity index (χ1v) is 7.79. The Hall–Kier alpha value is -1.64. The fourth-order valence-corrected chi connectivity index (χ4v) is 3.02. The Morgan fingerprint density at radius 3 is 2.76 bits per heavy atom. The van der Waals surface area contributed by atoms with Crippen LogP contribution < -0.4 is 0 Å². The molecule has 0 unspecified atom stereocenters. The highest BCUT2D eigenvalue weighted by Gasteiger charge is 2.37. The maximum atomic E-state index is 11.5. The second kappa shape index (κ2) is 6.42. The number of rotatable bonds is 5. The summed E-state index contributed by atoms with van der Waals surface area (Å²) in [6.07, 6.45) is 3.30. The number of fused-ring (bicyclic) bond motifs is 1. The number of hydrogen-bond donors (Lipinski definition) is 0. The summed E-state index contributed by atoms with van der Waals surface area (Å²) in [6, 6.07) is 8.61. The van der Waals surface area contributed by atoms with Gasteiger partial charge >= 0.3 is 5.97 Å². The molecule has 0 saturated carbocycles. The second-order valence-corrected chi connectivity index (χ2v) is 6.31. The number of nitrogens with zero attached hydrogens (tertiary/aromatic N) is 1. The monoisotopic (exact) mass is 288 g/mol. The first kappa shape index (κ1) is 15.7. The third-order valence-corrected chi connectivity index (χ3v) is 4.36. The quantitative estimate of drug-likeness (QED) is 0.615. The van der Waals surface area contributed by atoms with Crippen LogP contribution in [-0.4, -0.2) is 35.4 Å². The Balaban J connectivity index is 2.16. The van der Waals surface area contributed by atoms with Gasteiger partial charge in [-0.25, -0.2) is 4.58 Å². The van der Waals surface area contributed by atoms with E-state index in [-0.39, 0.29) is 11.5 Å². The van der Waals surface area contributed by atoms with Crippen molar-refractivity contribution in [3.05, 3.63) is 35.4 Å². The molecule has 1 aromatic rings. The molecule has 0 aromatic heterocycles. The average molecular weight is 288 g/mol. The molecule has 3 nitrogen and oxygen atoms in total. The lowest BCUT2D eigenvalue weighted by molar-refractivity contribution is -0.577. The van der Waals surface area contributed by atoms with Gasteiger partial charge in [-0.3, -0.25) is 4.79 Å². The molecule has 1 heterocycles. The van der Waals surface area contributed by atoms with E-state index in [4.69, 9.17) is 4.74 Å². The highest BCUT2D eigenvalue weighted by molar-refractivity contribution is 5.99. The van der Waals surface area contributed by atoms with E-state index in [1.165, 1.54) is 16.8 Å². The molecular weight excluding hydrogens is 262 g/mol. The normalized spacial score (nSPS) is 16.6. The minimum absolute atomic E-state index is 0.0934. The lowest BCUT2D eigenvalue weighted by Crippen LogP contribution is -2.44. The van der Waals surface area contributed by atoms with Crippen molar-refractivity contribution in [2.75, 3.05) is 13.7 Å². The third-order valence-electron chi connectivity index (χ3n) is 4.36. The predicted molar refractivity (Wildman–Crippen MR) is 85.0 cm³/mol. The zero-order valence-electron chi connectivity index (χ0n) is 13.6. The van der Waals surface area contributed by atoms with Gasteiger partial charge in [0.1, 0.15) is 7.05 Å². The van der Waals surface area contributed by atoms with Gasteiger partial charge in [0.25, 0.3) is 0 Å². The van der Waals surface area contributed by atoms with E-state index in [1.807, 2.05) is 6.92 Å². The summed E-state index contributed by atoms with van der Waals surface area (Å²) in [6.45, 7) is 6.86. The number of carbonyl (C=O) groups is 1. The predicted octanol–water partition coefficient (Wildman–Crippen LogP) is 3.19. The molecule has 0 N–H and O–H groups in total. The summed E-state index contributed by atoms with van der Waals surface area (Å²) in [5.41, 5.74) is 4.20. The van der Waals surface area contributed by atoms with Crippen molar-refractivity contribution in [3.63, 3.8) is 0 Å². The van der Waals surface area contributed by atoms with Gasteiger partial charge in [0.05, 0.1) is 6.61 Å². The summed E-state index contributed by atoms with van der Waals surface area (Å²) in [7, 11) is 2.16. The molecular formula is C18H26NO2+. The van der Waals surface area contributed by atoms with Gasteiger partial charge in [-0.05, 0) is 25.0 Å². The summed E-state index contributed by atoms with van der Waals surface area (Å²) < 4.78 is 7.38. The van der Waals surface area contributed by atoms with Crippen LogP contribution in [0.3, 0.4) is 0 Å². The van der Waals surface area contributed by atoms with Gasteiger partial charge in [0, 0.05) is 38.7 Å². The van der Waals surface area contributed by atoms with Crippen molar-refractivity contribution in [3.8, 4) is 0 Å². The Morgan fingerprint density at radius 1 is 1.33 bits per heavy atom. The molecule has 0 radical (unpaired) electrons. The van der Waals surface area contributed by atoms with Crippen LogP contribution in [0.5, 0.6) is 0 Å². The fourth-order valence-electron chi connectivity index (χ4n) is 3.02. The van der Waals surface area contributed by atoms with Crippen molar-refractivity contribution in [2.24, 2.45) is 0 Å². The van der Waals surface area contributed by atoms with Crippen LogP contribution in [0.25, 0.3) is 0 Å². The SMILES string of the molecule is CCOC(=O)CCCC1=[N+](C)C(C)(C)Cc2ccccc21. The number of esters is 1. The number of likely N-dealkylation sites (N-methyl/N-ethyl adjacent to an activating group) is 1. The first-order chi connectivity index (χ1) is 9.95. The van der Waals surface area contributed by atoms with E-state index in [0.29, 0.717) is 13.0 Å². The molecule has 2 rings (SSSR count). The second-order valence-electron chi connectivity index (χ2n) is 6.31. The number of carbonyl (C=O) groups excluding carboxylic acids is 1. The van der Waals surface area contributed by atoms with Crippen LogP contribution >= 0.6 is 0 Å². The maximum Gasteiger partial charge on any atom is 0.305 e. The van der Waals surface area contributed by atoms with Crippen molar-refractivity contribution in [2.45, 2.75) is 52.0 Å². The zero-order valence-corrected chi connectivity index (χ0v) is 13.6. The molecule has 0 spiro atoms. The molecule has 1 aromatic carbocycles. The van der Waals surface area contributed by atoms with E-state index < -0.39 is 0 Å². The lowest BCUT2D eigenvalue weighted by atomic mass is 9.84. The van der Waals surface area contributed by atoms with Gasteiger partial charge in [-0.2, -0.15) is 0 Å². The lowest BCUT2D eigenvalue weighted by Gasteiger charge is -2.29. The molecule has 0 amide bonds. The molecule has 0 aliphatic carbocycles. The van der Waals surface area contributed by atoms with Gasteiger partial charge in [-0.1, -0.05) is 18.2 Å². The highest BCUT2D eigenvalue weighted by atomic mass is 16.5. The Labute approximate surface area is 127 Å². The minimum atomic E-state index is -0.0934. The van der Waals surface area contributed by atoms with Crippen LogP contribution in [0, 0.1) is 0 Å². The smallest absolute Gasteiger partial charge is 0.305 e. The van der Waals surface area contributed by atoms with E-state index >= 15 is 0 Å². The van der Waals surface area contributed by atoms with Crippen molar-refractivity contribution >= 4 is 11.7 Å². The molecule has 0 saturated heterocycles. The van der Waals surface area contributed by atoms with Crippen LogP contribution in [0.1, 0.15) is 51.2 Å². The number of hydrogen-bond acceptors (Lipinski definition) is 2. The first-order valence-electron chi connectivity index (χ1n) is 7.79. The van der Waals surface area contributed by atoms with E-state index in [9.17, 15) is 4.79 Å². The molecule has 1 aliphatic rings. The third kappa shape index (κ3) is 3.52. The maximum absolute atomic E-state index is 11.5. The largest absolute Gasteiger partial charge is 0.466 e. The molecule has 114 valence electrons. The summed E-state index contributed by atoms with van der Waals surface area (Å²) in [4.78, 5) is 11.5. The molecule has 3 heteroatoms. The van der Waals surface area contributed by atoms with E-state index in [2.05, 4.69) is 49.7 Å². The molecule has 0 fully saturated rings. The minimum Gasteiger partial charge on any atom is -0.466 e. The topological polar surface area (TPSA) is 29.3 Å². The van der Waals surface area contributed by atoms with Gasteiger partial charge in [-0.15, -0.1) is 0 Å². The van der Waals surface area contributed by atoms with E-state index in [1.54, 1.807) is 0 Å². The molecule has 1 aliphatic heterocycles.